The van der Waals surface area contributed by atoms with E-state index in [1.54, 1.807) is 28.6 Å². The van der Waals surface area contributed by atoms with E-state index >= 15 is 0 Å². The molecule has 0 unspecified atom stereocenters. The maximum atomic E-state index is 12.7. The second-order valence-corrected chi connectivity index (χ2v) is 7.30. The molecule has 3 amide bonds. The summed E-state index contributed by atoms with van der Waals surface area (Å²) in [5.74, 6) is 0.470. The average Bonchev–Trinajstić information content (AvgIpc) is 3.16. The van der Waals surface area contributed by atoms with Crippen molar-refractivity contribution in [2.24, 2.45) is 5.92 Å². The topological polar surface area (TPSA) is 69.7 Å². The smallest absolute Gasteiger partial charge is 0.248 e. The van der Waals surface area contributed by atoms with E-state index in [-0.39, 0.29) is 30.1 Å². The van der Waals surface area contributed by atoms with Crippen LogP contribution in [0, 0.1) is 12.8 Å². The second kappa shape index (κ2) is 6.84. The van der Waals surface area contributed by atoms with Crippen LogP contribution in [-0.2, 0) is 14.4 Å². The van der Waals surface area contributed by atoms with Crippen LogP contribution in [0.25, 0.3) is 0 Å². The minimum absolute atomic E-state index is 0.0129. The number of hydrogen-bond acceptors (Lipinski definition) is 4. The Morgan fingerprint density at radius 1 is 1.29 bits per heavy atom. The van der Waals surface area contributed by atoms with E-state index in [1.165, 1.54) is 0 Å². The van der Waals surface area contributed by atoms with Gasteiger partial charge in [0, 0.05) is 31.5 Å². The van der Waals surface area contributed by atoms with Crippen molar-refractivity contribution in [2.75, 3.05) is 30.5 Å². The molecule has 2 heterocycles. The van der Waals surface area contributed by atoms with Crippen LogP contribution < -0.4 is 5.32 Å². The number of likely N-dealkylation sites (tertiary alicyclic amines) is 1. The van der Waals surface area contributed by atoms with Gasteiger partial charge in [0.2, 0.25) is 17.7 Å². The van der Waals surface area contributed by atoms with Gasteiger partial charge in [0.1, 0.15) is 6.04 Å². The number of amides is 3. The van der Waals surface area contributed by atoms with Crippen LogP contribution in [-0.4, -0.2) is 58.8 Å². The van der Waals surface area contributed by atoms with Crippen molar-refractivity contribution in [2.45, 2.75) is 19.4 Å². The summed E-state index contributed by atoms with van der Waals surface area (Å²) >= 11 is 1.57. The van der Waals surface area contributed by atoms with Gasteiger partial charge in [-0.05, 0) is 18.6 Å². The van der Waals surface area contributed by atoms with Crippen molar-refractivity contribution in [3.8, 4) is 0 Å². The largest absolute Gasteiger partial charge is 0.345 e. The first-order chi connectivity index (χ1) is 11.5. The Hall–Kier alpha value is -2.02. The van der Waals surface area contributed by atoms with Gasteiger partial charge < -0.3 is 15.1 Å². The number of para-hydroxylation sites is 1. The van der Waals surface area contributed by atoms with Gasteiger partial charge in [0.15, 0.2) is 0 Å². The molecule has 2 saturated heterocycles. The quantitative estimate of drug-likeness (QED) is 0.895. The lowest BCUT2D eigenvalue weighted by Gasteiger charge is -2.25. The zero-order chi connectivity index (χ0) is 17.3. The molecule has 0 aromatic heterocycles. The van der Waals surface area contributed by atoms with Gasteiger partial charge in [-0.1, -0.05) is 18.2 Å². The SMILES string of the molecule is Cc1ccccc1NC(=O)[C@@H]1CSCN1C(=O)[C@H]1CC(=O)N(C)C1. The van der Waals surface area contributed by atoms with E-state index in [4.69, 9.17) is 0 Å². The Balaban J connectivity index is 1.69. The molecule has 2 atom stereocenters. The van der Waals surface area contributed by atoms with Gasteiger partial charge in [-0.2, -0.15) is 0 Å². The van der Waals surface area contributed by atoms with Gasteiger partial charge in [0.05, 0.1) is 11.8 Å². The lowest BCUT2D eigenvalue weighted by atomic mass is 10.1. The maximum Gasteiger partial charge on any atom is 0.248 e. The molecule has 0 saturated carbocycles. The predicted molar refractivity (Wildman–Crippen MR) is 93.5 cm³/mol. The molecule has 3 rings (SSSR count). The molecule has 2 aliphatic rings. The van der Waals surface area contributed by atoms with Gasteiger partial charge in [-0.25, -0.2) is 0 Å². The highest BCUT2D eigenvalue weighted by Gasteiger charge is 2.41. The number of thioether (sulfide) groups is 1. The minimum Gasteiger partial charge on any atom is -0.345 e. The van der Waals surface area contributed by atoms with Crippen LogP contribution in [0.15, 0.2) is 24.3 Å². The lowest BCUT2D eigenvalue weighted by molar-refractivity contribution is -0.139. The molecule has 1 aromatic rings. The maximum absolute atomic E-state index is 12.7. The molecule has 0 spiro atoms. The predicted octanol–water partition coefficient (Wildman–Crippen LogP) is 1.31. The summed E-state index contributed by atoms with van der Waals surface area (Å²) < 4.78 is 0. The summed E-state index contributed by atoms with van der Waals surface area (Å²) in [6, 6.07) is 7.09. The first kappa shape index (κ1) is 16.8. The van der Waals surface area contributed by atoms with E-state index in [1.807, 2.05) is 31.2 Å². The molecule has 24 heavy (non-hydrogen) atoms. The fourth-order valence-corrected chi connectivity index (χ4v) is 4.23. The molecule has 2 aliphatic heterocycles. The monoisotopic (exact) mass is 347 g/mol. The number of rotatable bonds is 3. The van der Waals surface area contributed by atoms with Gasteiger partial charge in [0.25, 0.3) is 0 Å². The molecule has 0 radical (unpaired) electrons. The summed E-state index contributed by atoms with van der Waals surface area (Å²) in [5, 5.41) is 2.92. The van der Waals surface area contributed by atoms with E-state index in [0.717, 1.165) is 11.3 Å². The zero-order valence-electron chi connectivity index (χ0n) is 13.8. The number of benzene rings is 1. The van der Waals surface area contributed by atoms with E-state index in [0.29, 0.717) is 18.2 Å². The summed E-state index contributed by atoms with van der Waals surface area (Å²) in [6.45, 7) is 2.37. The third-order valence-electron chi connectivity index (χ3n) is 4.56. The first-order valence-electron chi connectivity index (χ1n) is 7.96. The number of hydrogen-bond donors (Lipinski definition) is 1. The number of aryl methyl sites for hydroxylation is 1. The number of nitrogens with one attached hydrogen (secondary N) is 1. The van der Waals surface area contributed by atoms with E-state index in [9.17, 15) is 14.4 Å². The number of nitrogens with zero attached hydrogens (tertiary/aromatic N) is 2. The van der Waals surface area contributed by atoms with Crippen LogP contribution in [0.5, 0.6) is 0 Å². The third-order valence-corrected chi connectivity index (χ3v) is 5.57. The lowest BCUT2D eigenvalue weighted by Crippen LogP contribution is -2.47. The average molecular weight is 347 g/mol. The van der Waals surface area contributed by atoms with E-state index < -0.39 is 6.04 Å². The Morgan fingerprint density at radius 2 is 2.04 bits per heavy atom. The van der Waals surface area contributed by atoms with Crippen molar-refractivity contribution in [3.63, 3.8) is 0 Å². The van der Waals surface area contributed by atoms with Gasteiger partial charge >= 0.3 is 0 Å². The normalized spacial score (nSPS) is 23.7. The summed E-state index contributed by atoms with van der Waals surface area (Å²) in [6.07, 6.45) is 0.239. The molecular weight excluding hydrogens is 326 g/mol. The van der Waals surface area contributed by atoms with Crippen molar-refractivity contribution >= 4 is 35.2 Å². The molecule has 7 heteroatoms. The fourth-order valence-electron chi connectivity index (χ4n) is 3.07. The number of carbonyl (C=O) groups is 3. The molecule has 2 fully saturated rings. The minimum atomic E-state index is -0.483. The standard InChI is InChI=1S/C17H21N3O3S/c1-11-5-3-4-6-13(11)18-16(22)14-9-24-10-20(14)17(23)12-7-15(21)19(2)8-12/h3-6,12,14H,7-10H2,1-2H3,(H,18,22)/t12-,14-/m0/s1. The van der Waals surface area contributed by atoms with Crippen LogP contribution in [0.1, 0.15) is 12.0 Å². The van der Waals surface area contributed by atoms with Crippen molar-refractivity contribution in [1.29, 1.82) is 0 Å². The highest BCUT2D eigenvalue weighted by molar-refractivity contribution is 7.99. The number of anilines is 1. The second-order valence-electron chi connectivity index (χ2n) is 6.30. The van der Waals surface area contributed by atoms with Crippen LogP contribution in [0.4, 0.5) is 5.69 Å². The first-order valence-corrected chi connectivity index (χ1v) is 9.11. The highest BCUT2D eigenvalue weighted by atomic mass is 32.2. The van der Waals surface area contributed by atoms with Crippen LogP contribution >= 0.6 is 11.8 Å². The fraction of sp³-hybridized carbons (Fsp3) is 0.471. The molecule has 0 aliphatic carbocycles. The molecular formula is C17H21N3O3S. The Labute approximate surface area is 145 Å². The summed E-state index contributed by atoms with van der Waals surface area (Å²) in [5.41, 5.74) is 1.75. The summed E-state index contributed by atoms with van der Waals surface area (Å²) in [7, 11) is 1.71. The van der Waals surface area contributed by atoms with E-state index in [2.05, 4.69) is 5.32 Å². The van der Waals surface area contributed by atoms with Crippen molar-refractivity contribution in [1.82, 2.24) is 9.80 Å². The third kappa shape index (κ3) is 3.26. The Morgan fingerprint density at radius 3 is 2.71 bits per heavy atom. The molecule has 1 N–H and O–H groups in total. The molecule has 1 aromatic carbocycles. The van der Waals surface area contributed by atoms with Crippen LogP contribution in [0.2, 0.25) is 0 Å². The van der Waals surface area contributed by atoms with Crippen molar-refractivity contribution in [3.05, 3.63) is 29.8 Å². The summed E-state index contributed by atoms with van der Waals surface area (Å²) in [4.78, 5) is 40.2. The van der Waals surface area contributed by atoms with Gasteiger partial charge in [-0.15, -0.1) is 11.8 Å². The molecule has 0 bridgehead atoms. The van der Waals surface area contributed by atoms with Gasteiger partial charge in [-0.3, -0.25) is 14.4 Å². The van der Waals surface area contributed by atoms with Crippen molar-refractivity contribution < 1.29 is 14.4 Å². The van der Waals surface area contributed by atoms with Crippen LogP contribution in [0.3, 0.4) is 0 Å². The Kier molecular flexibility index (Phi) is 4.80. The molecule has 6 nitrogen and oxygen atoms in total. The number of carbonyl (C=O) groups excluding carboxylic acids is 3. The molecule has 128 valence electrons. The zero-order valence-corrected chi connectivity index (χ0v) is 14.6. The Bertz CT molecular complexity index is 679. The highest BCUT2D eigenvalue weighted by Crippen LogP contribution is 2.27.